The number of hydrogen-bond donors (Lipinski definition) is 0. The molecule has 0 unspecified atom stereocenters. The van der Waals surface area contributed by atoms with Crippen LogP contribution in [0.15, 0.2) is 75.3 Å². The number of furan rings is 2. The van der Waals surface area contributed by atoms with Crippen LogP contribution in [0.3, 0.4) is 0 Å². The second-order valence-corrected chi connectivity index (χ2v) is 14.2. The minimum atomic E-state index is 0.865. The minimum Gasteiger partial charge on any atom is -0.454 e. The predicted octanol–water partition coefficient (Wildman–Crippen LogP) is 12.6. The molecular formula is C28H14Br4O2S2. The number of benzene rings is 3. The molecule has 0 spiro atoms. The average molecular weight is 766 g/mol. The van der Waals surface area contributed by atoms with Crippen molar-refractivity contribution in [3.8, 4) is 20.9 Å². The van der Waals surface area contributed by atoms with Gasteiger partial charge in [0.15, 0.2) is 11.2 Å². The Morgan fingerprint density at radius 2 is 1.00 bits per heavy atom. The molecule has 0 saturated heterocycles. The third-order valence-corrected chi connectivity index (χ3v) is 12.2. The third-order valence-electron chi connectivity index (χ3n) is 6.35. The molecule has 0 bridgehead atoms. The molecule has 7 aromatic rings. The summed E-state index contributed by atoms with van der Waals surface area (Å²) in [6.07, 6.45) is 0. The van der Waals surface area contributed by atoms with Crippen molar-refractivity contribution in [1.82, 2.24) is 0 Å². The van der Waals surface area contributed by atoms with Crippen LogP contribution in [-0.4, -0.2) is 0 Å². The third kappa shape index (κ3) is 3.48. The van der Waals surface area contributed by atoms with Crippen LogP contribution >= 0.6 is 86.4 Å². The lowest BCUT2D eigenvalue weighted by molar-refractivity contribution is 0.663. The van der Waals surface area contributed by atoms with Gasteiger partial charge < -0.3 is 8.83 Å². The molecule has 4 aromatic heterocycles. The van der Waals surface area contributed by atoms with E-state index in [1.54, 1.807) is 22.7 Å². The van der Waals surface area contributed by atoms with E-state index >= 15 is 0 Å². The molecule has 0 fully saturated rings. The Bertz CT molecular complexity index is 1880. The molecule has 0 aliphatic rings. The number of aryl methyl sites for hydroxylation is 2. The largest absolute Gasteiger partial charge is 0.454 e. The molecule has 178 valence electrons. The van der Waals surface area contributed by atoms with Crippen LogP contribution in [0.25, 0.3) is 63.4 Å². The van der Waals surface area contributed by atoms with E-state index in [9.17, 15) is 0 Å². The van der Waals surface area contributed by atoms with Crippen molar-refractivity contribution < 1.29 is 8.83 Å². The highest BCUT2D eigenvalue weighted by Gasteiger charge is 2.24. The van der Waals surface area contributed by atoms with Gasteiger partial charge in [-0.25, -0.2) is 0 Å². The number of thiophene rings is 2. The number of fused-ring (bicyclic) bond motifs is 6. The first-order valence-corrected chi connectivity index (χ1v) is 15.8. The van der Waals surface area contributed by atoms with Crippen LogP contribution in [-0.2, 0) is 0 Å². The summed E-state index contributed by atoms with van der Waals surface area (Å²) < 4.78 is 19.2. The van der Waals surface area contributed by atoms with E-state index in [4.69, 9.17) is 8.83 Å². The SMILES string of the molecule is Cc1ccc(-c2sc3c(oc4cc5c(cc43)oc3c(Br)c(-c4ccc(C)cc4Br)sc35)c2Br)c(Br)c1. The number of rotatable bonds is 2. The number of hydrogen-bond acceptors (Lipinski definition) is 4. The fourth-order valence-electron chi connectivity index (χ4n) is 4.59. The molecule has 3 aromatic carbocycles. The lowest BCUT2D eigenvalue weighted by Crippen LogP contribution is -1.79. The molecule has 0 aliphatic heterocycles. The van der Waals surface area contributed by atoms with E-state index in [1.807, 2.05) is 0 Å². The molecule has 0 radical (unpaired) electrons. The van der Waals surface area contributed by atoms with Crippen molar-refractivity contribution in [3.05, 3.63) is 77.5 Å². The van der Waals surface area contributed by atoms with Gasteiger partial charge in [-0.05, 0) is 81.1 Å². The fraction of sp³-hybridized carbons (Fsp3) is 0.0714. The van der Waals surface area contributed by atoms with Gasteiger partial charge in [0.1, 0.15) is 11.2 Å². The first-order chi connectivity index (χ1) is 17.3. The van der Waals surface area contributed by atoms with E-state index in [0.29, 0.717) is 0 Å². The summed E-state index contributed by atoms with van der Waals surface area (Å²) in [7, 11) is 0. The molecule has 4 heterocycles. The lowest BCUT2D eigenvalue weighted by Gasteiger charge is -2.04. The van der Waals surface area contributed by atoms with E-state index in [1.165, 1.54) is 11.1 Å². The van der Waals surface area contributed by atoms with E-state index < -0.39 is 0 Å². The quantitative estimate of drug-likeness (QED) is 0.175. The van der Waals surface area contributed by atoms with Gasteiger partial charge in [-0.15, -0.1) is 22.7 Å². The first kappa shape index (κ1) is 23.7. The summed E-state index contributed by atoms with van der Waals surface area (Å²) in [6, 6.07) is 17.1. The van der Waals surface area contributed by atoms with Gasteiger partial charge >= 0.3 is 0 Å². The molecule has 8 heteroatoms. The van der Waals surface area contributed by atoms with Crippen LogP contribution in [0.5, 0.6) is 0 Å². The van der Waals surface area contributed by atoms with E-state index in [0.717, 1.165) is 81.3 Å². The highest BCUT2D eigenvalue weighted by Crippen LogP contribution is 2.51. The standard InChI is InChI=1S/C28H14Br4O2S2/c1-11-3-5-13(17(29)7-11)25-21(31)23-27(35-25)15-9-20-16(10-19(15)33-23)28-24(34-20)22(32)26(36-28)14-6-4-12(2)8-18(14)30/h3-10H,1-2H3. The molecule has 7 rings (SSSR count). The topological polar surface area (TPSA) is 26.3 Å². The second kappa shape index (κ2) is 8.55. The van der Waals surface area contributed by atoms with Crippen molar-refractivity contribution in [2.75, 3.05) is 0 Å². The van der Waals surface area contributed by atoms with Gasteiger partial charge in [0.25, 0.3) is 0 Å². The molecular weight excluding hydrogens is 752 g/mol. The predicted molar refractivity (Wildman–Crippen MR) is 168 cm³/mol. The Morgan fingerprint density at radius 3 is 1.39 bits per heavy atom. The Morgan fingerprint density at radius 1 is 0.583 bits per heavy atom. The lowest BCUT2D eigenvalue weighted by atomic mass is 10.1. The maximum absolute atomic E-state index is 6.42. The van der Waals surface area contributed by atoms with Gasteiger partial charge in [-0.3, -0.25) is 0 Å². The summed E-state index contributed by atoms with van der Waals surface area (Å²) in [5.41, 5.74) is 8.21. The van der Waals surface area contributed by atoms with Crippen LogP contribution in [0.2, 0.25) is 0 Å². The molecule has 0 atom stereocenters. The fourth-order valence-corrected chi connectivity index (χ4v) is 10.3. The smallest absolute Gasteiger partial charge is 0.161 e. The monoisotopic (exact) mass is 762 g/mol. The van der Waals surface area contributed by atoms with Crippen LogP contribution in [0.1, 0.15) is 11.1 Å². The van der Waals surface area contributed by atoms with Crippen molar-refractivity contribution in [1.29, 1.82) is 0 Å². The summed E-state index contributed by atoms with van der Waals surface area (Å²) >= 11 is 18.6. The van der Waals surface area contributed by atoms with Crippen molar-refractivity contribution >= 4 is 129 Å². The summed E-state index contributed by atoms with van der Waals surface area (Å²) in [4.78, 5) is 2.29. The maximum Gasteiger partial charge on any atom is 0.161 e. The minimum absolute atomic E-state index is 0.865. The Hall–Kier alpha value is -1.42. The zero-order valence-electron chi connectivity index (χ0n) is 18.8. The summed E-state index contributed by atoms with van der Waals surface area (Å²) in [5, 5.41) is 2.13. The highest BCUT2D eigenvalue weighted by atomic mass is 79.9. The van der Waals surface area contributed by atoms with Crippen LogP contribution in [0, 0.1) is 13.8 Å². The molecule has 2 nitrogen and oxygen atoms in total. The average Bonchev–Trinajstić information content (AvgIpc) is 3.54. The second-order valence-electron chi connectivity index (χ2n) is 8.82. The van der Waals surface area contributed by atoms with Gasteiger partial charge in [0, 0.05) is 30.8 Å². The zero-order valence-corrected chi connectivity index (χ0v) is 26.7. The van der Waals surface area contributed by atoms with Crippen LogP contribution in [0.4, 0.5) is 0 Å². The first-order valence-electron chi connectivity index (χ1n) is 11.0. The maximum atomic E-state index is 6.42. The van der Waals surface area contributed by atoms with Gasteiger partial charge in [0.2, 0.25) is 0 Å². The van der Waals surface area contributed by atoms with Gasteiger partial charge in [-0.2, -0.15) is 0 Å². The molecule has 36 heavy (non-hydrogen) atoms. The number of halogens is 4. The Kier molecular flexibility index (Phi) is 5.62. The molecule has 0 amide bonds. The van der Waals surface area contributed by atoms with Crippen molar-refractivity contribution in [2.24, 2.45) is 0 Å². The van der Waals surface area contributed by atoms with E-state index in [2.05, 4.69) is 126 Å². The normalized spacial score (nSPS) is 12.2. The molecule has 0 saturated carbocycles. The molecule has 0 aliphatic carbocycles. The van der Waals surface area contributed by atoms with Gasteiger partial charge in [-0.1, -0.05) is 56.1 Å². The van der Waals surface area contributed by atoms with Gasteiger partial charge in [0.05, 0.1) is 28.1 Å². The van der Waals surface area contributed by atoms with Crippen molar-refractivity contribution in [2.45, 2.75) is 13.8 Å². The highest BCUT2D eigenvalue weighted by molar-refractivity contribution is 9.11. The Labute approximate surface area is 247 Å². The Balaban J connectivity index is 1.43. The molecule has 0 N–H and O–H groups in total. The van der Waals surface area contributed by atoms with Crippen LogP contribution < -0.4 is 0 Å². The van der Waals surface area contributed by atoms with E-state index in [-0.39, 0.29) is 0 Å². The summed E-state index contributed by atoms with van der Waals surface area (Å²) in [5.74, 6) is 0. The summed E-state index contributed by atoms with van der Waals surface area (Å²) in [6.45, 7) is 4.19. The van der Waals surface area contributed by atoms with Crippen molar-refractivity contribution in [3.63, 3.8) is 0 Å². The zero-order chi connectivity index (χ0) is 24.9.